The number of hydrogen-bond acceptors (Lipinski definition) is 3. The van der Waals surface area contributed by atoms with Crippen molar-refractivity contribution in [3.05, 3.63) is 35.0 Å². The molecule has 0 saturated heterocycles. The minimum absolute atomic E-state index is 0.957. The molecule has 3 rings (SSSR count). The van der Waals surface area contributed by atoms with E-state index in [1.165, 1.54) is 16.8 Å². The summed E-state index contributed by atoms with van der Waals surface area (Å²) in [6, 6.07) is 6.20. The normalized spacial score (nSPS) is 15.1. The summed E-state index contributed by atoms with van der Waals surface area (Å²) in [5.74, 6) is 2.17. The van der Waals surface area contributed by atoms with Crippen molar-refractivity contribution >= 4 is 28.4 Å². The minimum Gasteiger partial charge on any atom is -0.398 e. The number of aromatic nitrogens is 1. The molecular weight excluding hydrogens is 216 g/mol. The SMILES string of the molecule is Cc1cccc2nc3c(c(N)c12)CCSC3. The lowest BCUT2D eigenvalue weighted by Crippen LogP contribution is -2.09. The molecule has 0 radical (unpaired) electrons. The van der Waals surface area contributed by atoms with Crippen LogP contribution in [0.1, 0.15) is 16.8 Å². The van der Waals surface area contributed by atoms with E-state index in [1.54, 1.807) is 0 Å². The van der Waals surface area contributed by atoms with E-state index in [2.05, 4.69) is 19.1 Å². The maximum atomic E-state index is 6.29. The maximum Gasteiger partial charge on any atom is 0.0729 e. The highest BCUT2D eigenvalue weighted by molar-refractivity contribution is 7.98. The third kappa shape index (κ3) is 1.39. The van der Waals surface area contributed by atoms with Crippen molar-refractivity contribution in [2.24, 2.45) is 0 Å². The monoisotopic (exact) mass is 230 g/mol. The fourth-order valence-electron chi connectivity index (χ4n) is 2.36. The van der Waals surface area contributed by atoms with E-state index in [0.717, 1.165) is 34.5 Å². The summed E-state index contributed by atoms with van der Waals surface area (Å²) in [6.07, 6.45) is 1.06. The molecule has 2 nitrogen and oxygen atoms in total. The molecule has 0 aliphatic carbocycles. The van der Waals surface area contributed by atoms with Crippen LogP contribution in [-0.4, -0.2) is 10.7 Å². The fourth-order valence-corrected chi connectivity index (χ4v) is 3.28. The van der Waals surface area contributed by atoms with Gasteiger partial charge in [0.25, 0.3) is 0 Å². The van der Waals surface area contributed by atoms with Crippen LogP contribution in [0.2, 0.25) is 0 Å². The van der Waals surface area contributed by atoms with E-state index in [0.29, 0.717) is 0 Å². The largest absolute Gasteiger partial charge is 0.398 e. The molecule has 1 aromatic heterocycles. The summed E-state index contributed by atoms with van der Waals surface area (Å²) in [5.41, 5.74) is 12.0. The second-order valence-corrected chi connectivity index (χ2v) is 5.33. The molecule has 0 spiro atoms. The van der Waals surface area contributed by atoms with Crippen LogP contribution in [0.25, 0.3) is 10.9 Å². The van der Waals surface area contributed by atoms with Crippen LogP contribution in [0.3, 0.4) is 0 Å². The predicted molar refractivity (Wildman–Crippen MR) is 70.8 cm³/mol. The molecule has 1 aliphatic rings. The van der Waals surface area contributed by atoms with Crippen LogP contribution >= 0.6 is 11.8 Å². The van der Waals surface area contributed by atoms with Gasteiger partial charge in [0.1, 0.15) is 0 Å². The second-order valence-electron chi connectivity index (χ2n) is 4.22. The molecule has 82 valence electrons. The summed E-state index contributed by atoms with van der Waals surface area (Å²) in [7, 11) is 0. The molecule has 0 saturated carbocycles. The summed E-state index contributed by atoms with van der Waals surface area (Å²) >= 11 is 1.94. The van der Waals surface area contributed by atoms with Crippen molar-refractivity contribution in [1.82, 2.24) is 4.98 Å². The van der Waals surface area contributed by atoms with Crippen molar-refractivity contribution in [3.63, 3.8) is 0 Å². The van der Waals surface area contributed by atoms with Crippen molar-refractivity contribution < 1.29 is 0 Å². The number of anilines is 1. The first kappa shape index (κ1) is 9.97. The Morgan fingerprint density at radius 2 is 2.25 bits per heavy atom. The van der Waals surface area contributed by atoms with Gasteiger partial charge >= 0.3 is 0 Å². The van der Waals surface area contributed by atoms with Crippen molar-refractivity contribution in [1.29, 1.82) is 0 Å². The van der Waals surface area contributed by atoms with Crippen LogP contribution in [0.15, 0.2) is 18.2 Å². The van der Waals surface area contributed by atoms with Crippen LogP contribution in [-0.2, 0) is 12.2 Å². The smallest absolute Gasteiger partial charge is 0.0729 e. The zero-order valence-corrected chi connectivity index (χ0v) is 10.1. The Labute approximate surface area is 99.2 Å². The molecule has 2 aromatic rings. The van der Waals surface area contributed by atoms with Gasteiger partial charge in [0.2, 0.25) is 0 Å². The van der Waals surface area contributed by atoms with Crippen molar-refractivity contribution in [2.45, 2.75) is 19.1 Å². The highest BCUT2D eigenvalue weighted by Crippen LogP contribution is 2.33. The van der Waals surface area contributed by atoms with Gasteiger partial charge in [-0.25, -0.2) is 0 Å². The number of fused-ring (bicyclic) bond motifs is 2. The van der Waals surface area contributed by atoms with Gasteiger partial charge in [-0.05, 0) is 36.3 Å². The first-order chi connectivity index (χ1) is 7.77. The van der Waals surface area contributed by atoms with Gasteiger partial charge in [0.15, 0.2) is 0 Å². The Bertz CT molecular complexity index is 563. The van der Waals surface area contributed by atoms with Gasteiger partial charge in [0.05, 0.1) is 11.2 Å². The molecule has 1 aromatic carbocycles. The Morgan fingerprint density at radius 1 is 1.38 bits per heavy atom. The molecule has 0 fully saturated rings. The van der Waals surface area contributed by atoms with Gasteiger partial charge in [-0.1, -0.05) is 12.1 Å². The Kier molecular flexibility index (Phi) is 2.28. The van der Waals surface area contributed by atoms with Crippen LogP contribution in [0.5, 0.6) is 0 Å². The number of thioether (sulfide) groups is 1. The molecule has 16 heavy (non-hydrogen) atoms. The zero-order chi connectivity index (χ0) is 11.1. The summed E-state index contributed by atoms with van der Waals surface area (Å²) < 4.78 is 0. The van der Waals surface area contributed by atoms with Gasteiger partial charge in [-0.2, -0.15) is 11.8 Å². The molecule has 0 atom stereocenters. The first-order valence-corrected chi connectivity index (χ1v) is 6.67. The lowest BCUT2D eigenvalue weighted by molar-refractivity contribution is 1.04. The van der Waals surface area contributed by atoms with Gasteiger partial charge in [-0.15, -0.1) is 0 Å². The fraction of sp³-hybridized carbons (Fsp3) is 0.308. The molecule has 2 N–H and O–H groups in total. The van der Waals surface area contributed by atoms with E-state index in [1.807, 2.05) is 17.8 Å². The summed E-state index contributed by atoms with van der Waals surface area (Å²) in [6.45, 7) is 2.10. The standard InChI is InChI=1S/C13H14N2S/c1-8-3-2-4-10-12(8)13(14)9-5-6-16-7-11(9)15-10/h2-4H,5-7H2,1H3,(H2,14,15). The quantitative estimate of drug-likeness (QED) is 0.756. The Hall–Kier alpha value is -1.22. The molecule has 2 heterocycles. The summed E-state index contributed by atoms with van der Waals surface area (Å²) in [4.78, 5) is 4.74. The number of aryl methyl sites for hydroxylation is 1. The van der Waals surface area contributed by atoms with Crippen molar-refractivity contribution in [2.75, 3.05) is 11.5 Å². The number of pyridine rings is 1. The number of nitrogens with zero attached hydrogens (tertiary/aromatic N) is 1. The lowest BCUT2D eigenvalue weighted by atomic mass is 10.0. The van der Waals surface area contributed by atoms with Crippen molar-refractivity contribution in [3.8, 4) is 0 Å². The molecular formula is C13H14N2S. The number of nitrogen functional groups attached to an aromatic ring is 1. The maximum absolute atomic E-state index is 6.29. The van der Waals surface area contributed by atoms with E-state index >= 15 is 0 Å². The number of rotatable bonds is 0. The van der Waals surface area contributed by atoms with Crippen LogP contribution in [0.4, 0.5) is 5.69 Å². The van der Waals surface area contributed by atoms with E-state index < -0.39 is 0 Å². The van der Waals surface area contributed by atoms with Gasteiger partial charge in [-0.3, -0.25) is 4.98 Å². The van der Waals surface area contributed by atoms with Gasteiger partial charge in [0, 0.05) is 16.8 Å². The minimum atomic E-state index is 0.957. The third-order valence-electron chi connectivity index (χ3n) is 3.18. The van der Waals surface area contributed by atoms with Crippen LogP contribution in [0, 0.1) is 6.92 Å². The molecule has 0 unspecified atom stereocenters. The average Bonchev–Trinajstić information content (AvgIpc) is 2.29. The Morgan fingerprint density at radius 3 is 3.12 bits per heavy atom. The van der Waals surface area contributed by atoms with E-state index in [-0.39, 0.29) is 0 Å². The highest BCUT2D eigenvalue weighted by Gasteiger charge is 2.17. The van der Waals surface area contributed by atoms with E-state index in [4.69, 9.17) is 10.7 Å². The zero-order valence-electron chi connectivity index (χ0n) is 9.29. The number of benzene rings is 1. The third-order valence-corrected chi connectivity index (χ3v) is 4.15. The molecule has 1 aliphatic heterocycles. The average molecular weight is 230 g/mol. The number of nitrogens with two attached hydrogens (primary N) is 1. The second kappa shape index (κ2) is 3.67. The van der Waals surface area contributed by atoms with E-state index in [9.17, 15) is 0 Å². The predicted octanol–water partition coefficient (Wildman–Crippen LogP) is 2.91. The molecule has 3 heteroatoms. The van der Waals surface area contributed by atoms with Crippen LogP contribution < -0.4 is 5.73 Å². The first-order valence-electron chi connectivity index (χ1n) is 5.51. The Balaban J connectivity index is 2.40. The lowest BCUT2D eigenvalue weighted by Gasteiger charge is -2.19. The highest BCUT2D eigenvalue weighted by atomic mass is 32.2. The van der Waals surface area contributed by atoms with Gasteiger partial charge < -0.3 is 5.73 Å². The topological polar surface area (TPSA) is 38.9 Å². The summed E-state index contributed by atoms with van der Waals surface area (Å²) in [5, 5.41) is 1.15. The molecule has 0 amide bonds. The molecule has 0 bridgehead atoms. The number of hydrogen-bond donors (Lipinski definition) is 1.